The summed E-state index contributed by atoms with van der Waals surface area (Å²) in [6.45, 7) is 1.96. The van der Waals surface area contributed by atoms with Gasteiger partial charge in [-0.3, -0.25) is 9.48 Å². The van der Waals surface area contributed by atoms with Crippen LogP contribution in [0.2, 0.25) is 0 Å². The maximum Gasteiger partial charge on any atom is 0.331 e. The minimum Gasteiger partial charge on any atom is -0.479 e. The van der Waals surface area contributed by atoms with Crippen LogP contribution >= 0.6 is 0 Å². The summed E-state index contributed by atoms with van der Waals surface area (Å²) in [5.74, 6) is -1.45. The third-order valence-electron chi connectivity index (χ3n) is 3.10. The second-order valence-electron chi connectivity index (χ2n) is 4.95. The van der Waals surface area contributed by atoms with E-state index < -0.39 is 12.0 Å². The van der Waals surface area contributed by atoms with Gasteiger partial charge in [0, 0.05) is 18.8 Å². The average molecular weight is 287 g/mol. The van der Waals surface area contributed by atoms with Gasteiger partial charge in [0.15, 0.2) is 6.04 Å². The summed E-state index contributed by atoms with van der Waals surface area (Å²) in [6.07, 6.45) is 3.15. The average Bonchev–Trinajstić information content (AvgIpc) is 2.85. The maximum atomic E-state index is 12.0. The Morgan fingerprint density at radius 3 is 2.52 bits per heavy atom. The molecule has 110 valence electrons. The van der Waals surface area contributed by atoms with Crippen LogP contribution in [0.1, 0.15) is 22.7 Å². The lowest BCUT2D eigenvalue weighted by molar-refractivity contribution is -0.141. The number of carboxylic acids is 1. The first-order chi connectivity index (χ1) is 9.95. The van der Waals surface area contributed by atoms with Crippen molar-refractivity contribution in [3.05, 3.63) is 53.3 Å². The Labute approximate surface area is 122 Å². The second-order valence-corrected chi connectivity index (χ2v) is 4.95. The highest BCUT2D eigenvalue weighted by molar-refractivity contribution is 5.85. The Hall–Kier alpha value is -2.63. The fourth-order valence-corrected chi connectivity index (χ4v) is 1.98. The molecule has 1 unspecified atom stereocenters. The number of hydrogen-bond donors (Lipinski definition) is 2. The zero-order valence-electron chi connectivity index (χ0n) is 11.9. The van der Waals surface area contributed by atoms with E-state index >= 15 is 0 Å². The molecule has 2 rings (SSSR count). The Balaban J connectivity index is 2.05. The molecule has 2 N–H and O–H groups in total. The van der Waals surface area contributed by atoms with Crippen LogP contribution in [0.4, 0.5) is 0 Å². The van der Waals surface area contributed by atoms with Crippen LogP contribution in [0, 0.1) is 6.92 Å². The van der Waals surface area contributed by atoms with Crippen LogP contribution in [-0.4, -0.2) is 26.8 Å². The lowest BCUT2D eigenvalue weighted by atomic mass is 10.1. The standard InChI is InChI=1S/C15H17N3O3/c1-10-3-5-11(6-4-10)7-13(19)17-14(15(20)21)12-8-16-18(2)9-12/h3-6,8-9,14H,7H2,1-2H3,(H,17,19)(H,20,21). The van der Waals surface area contributed by atoms with Crippen molar-refractivity contribution in [2.75, 3.05) is 0 Å². The summed E-state index contributed by atoms with van der Waals surface area (Å²) in [7, 11) is 1.69. The highest BCUT2D eigenvalue weighted by Crippen LogP contribution is 2.12. The number of aromatic nitrogens is 2. The number of rotatable bonds is 5. The van der Waals surface area contributed by atoms with Gasteiger partial charge in [-0.2, -0.15) is 5.10 Å². The third kappa shape index (κ3) is 3.92. The molecule has 0 aliphatic carbocycles. The minimum absolute atomic E-state index is 0.143. The van der Waals surface area contributed by atoms with E-state index in [1.54, 1.807) is 13.2 Å². The molecular formula is C15H17N3O3. The maximum absolute atomic E-state index is 12.0. The molecule has 2 aromatic rings. The van der Waals surface area contributed by atoms with E-state index in [0.29, 0.717) is 5.56 Å². The number of benzene rings is 1. The molecular weight excluding hydrogens is 270 g/mol. The van der Waals surface area contributed by atoms with E-state index in [1.807, 2.05) is 31.2 Å². The van der Waals surface area contributed by atoms with Crippen molar-refractivity contribution in [1.29, 1.82) is 0 Å². The molecule has 0 radical (unpaired) electrons. The van der Waals surface area contributed by atoms with Gasteiger partial charge in [0.2, 0.25) is 5.91 Å². The lowest BCUT2D eigenvalue weighted by Gasteiger charge is -2.13. The first kappa shape index (κ1) is 14.8. The molecule has 1 atom stereocenters. The van der Waals surface area contributed by atoms with Gasteiger partial charge in [0.25, 0.3) is 0 Å². The smallest absolute Gasteiger partial charge is 0.331 e. The zero-order chi connectivity index (χ0) is 15.4. The van der Waals surface area contributed by atoms with E-state index in [-0.39, 0.29) is 12.3 Å². The van der Waals surface area contributed by atoms with Crippen LogP contribution in [-0.2, 0) is 23.1 Å². The van der Waals surface area contributed by atoms with Crippen molar-refractivity contribution in [2.24, 2.45) is 7.05 Å². The predicted molar refractivity (Wildman–Crippen MR) is 76.6 cm³/mol. The molecule has 1 amide bonds. The first-order valence-corrected chi connectivity index (χ1v) is 6.52. The molecule has 1 heterocycles. The Kier molecular flexibility index (Phi) is 4.37. The fourth-order valence-electron chi connectivity index (χ4n) is 1.98. The number of aliphatic carboxylic acids is 1. The molecule has 0 saturated carbocycles. The quantitative estimate of drug-likeness (QED) is 0.866. The summed E-state index contributed by atoms with van der Waals surface area (Å²) in [6, 6.07) is 6.46. The third-order valence-corrected chi connectivity index (χ3v) is 3.10. The summed E-state index contributed by atoms with van der Waals surface area (Å²) < 4.78 is 1.50. The molecule has 0 bridgehead atoms. The van der Waals surface area contributed by atoms with Gasteiger partial charge in [-0.1, -0.05) is 29.8 Å². The first-order valence-electron chi connectivity index (χ1n) is 6.52. The number of carbonyl (C=O) groups is 2. The van der Waals surface area contributed by atoms with E-state index in [2.05, 4.69) is 10.4 Å². The molecule has 1 aromatic heterocycles. The lowest BCUT2D eigenvalue weighted by Crippen LogP contribution is -2.34. The van der Waals surface area contributed by atoms with Crippen LogP contribution < -0.4 is 5.32 Å². The van der Waals surface area contributed by atoms with E-state index in [4.69, 9.17) is 0 Å². The Morgan fingerprint density at radius 1 is 1.33 bits per heavy atom. The monoisotopic (exact) mass is 287 g/mol. The summed E-state index contributed by atoms with van der Waals surface area (Å²) >= 11 is 0. The minimum atomic E-state index is -1.11. The fraction of sp³-hybridized carbons (Fsp3) is 0.267. The molecule has 0 spiro atoms. The SMILES string of the molecule is Cc1ccc(CC(=O)NC(C(=O)O)c2cnn(C)c2)cc1. The highest BCUT2D eigenvalue weighted by Gasteiger charge is 2.23. The highest BCUT2D eigenvalue weighted by atomic mass is 16.4. The molecule has 0 saturated heterocycles. The Morgan fingerprint density at radius 2 is 2.00 bits per heavy atom. The van der Waals surface area contributed by atoms with Gasteiger partial charge < -0.3 is 10.4 Å². The van der Waals surface area contributed by atoms with E-state index in [0.717, 1.165) is 11.1 Å². The van der Waals surface area contributed by atoms with Crippen molar-refractivity contribution in [3.8, 4) is 0 Å². The summed E-state index contributed by atoms with van der Waals surface area (Å²) in [5.41, 5.74) is 2.40. The molecule has 1 aromatic carbocycles. The van der Waals surface area contributed by atoms with Crippen LogP contribution in [0.25, 0.3) is 0 Å². The van der Waals surface area contributed by atoms with Gasteiger partial charge in [0.05, 0.1) is 12.6 Å². The van der Waals surface area contributed by atoms with Gasteiger partial charge in [-0.15, -0.1) is 0 Å². The number of nitrogens with one attached hydrogen (secondary N) is 1. The van der Waals surface area contributed by atoms with Gasteiger partial charge in [-0.25, -0.2) is 4.79 Å². The Bertz CT molecular complexity index is 646. The summed E-state index contributed by atoms with van der Waals surface area (Å²) in [4.78, 5) is 23.3. The number of carbonyl (C=O) groups excluding carboxylic acids is 1. The number of nitrogens with zero attached hydrogens (tertiary/aromatic N) is 2. The molecule has 6 heteroatoms. The topological polar surface area (TPSA) is 84.2 Å². The number of amides is 1. The molecule has 0 aliphatic rings. The van der Waals surface area contributed by atoms with Gasteiger partial charge in [-0.05, 0) is 12.5 Å². The van der Waals surface area contributed by atoms with Crippen LogP contribution in [0.5, 0.6) is 0 Å². The number of hydrogen-bond acceptors (Lipinski definition) is 3. The van der Waals surface area contributed by atoms with E-state index in [9.17, 15) is 14.7 Å². The van der Waals surface area contributed by atoms with Crippen molar-refractivity contribution < 1.29 is 14.7 Å². The number of carboxylic acid groups (broad SMARTS) is 1. The van der Waals surface area contributed by atoms with Crippen molar-refractivity contribution >= 4 is 11.9 Å². The predicted octanol–water partition coefficient (Wildman–Crippen LogP) is 1.21. The molecule has 21 heavy (non-hydrogen) atoms. The van der Waals surface area contributed by atoms with Gasteiger partial charge >= 0.3 is 5.97 Å². The van der Waals surface area contributed by atoms with Crippen LogP contribution in [0.15, 0.2) is 36.7 Å². The van der Waals surface area contributed by atoms with E-state index in [1.165, 1.54) is 10.9 Å². The zero-order valence-corrected chi connectivity index (χ0v) is 11.9. The normalized spacial score (nSPS) is 11.9. The largest absolute Gasteiger partial charge is 0.479 e. The van der Waals surface area contributed by atoms with Crippen molar-refractivity contribution in [3.63, 3.8) is 0 Å². The molecule has 6 nitrogen and oxygen atoms in total. The molecule has 0 fully saturated rings. The van der Waals surface area contributed by atoms with Gasteiger partial charge in [0.1, 0.15) is 0 Å². The molecule has 0 aliphatic heterocycles. The number of aryl methyl sites for hydroxylation is 2. The van der Waals surface area contributed by atoms with Crippen molar-refractivity contribution in [1.82, 2.24) is 15.1 Å². The summed E-state index contributed by atoms with van der Waals surface area (Å²) in [5, 5.41) is 15.7. The van der Waals surface area contributed by atoms with Crippen molar-refractivity contribution in [2.45, 2.75) is 19.4 Å². The second kappa shape index (κ2) is 6.21. The van der Waals surface area contributed by atoms with Crippen LogP contribution in [0.3, 0.4) is 0 Å².